The molecule has 3 rings (SSSR count). The predicted octanol–water partition coefficient (Wildman–Crippen LogP) is 4.10. The second-order valence-electron chi connectivity index (χ2n) is 10.6. The first-order valence-corrected chi connectivity index (χ1v) is 11.6. The fourth-order valence-corrected chi connectivity index (χ4v) is 6.84. The van der Waals surface area contributed by atoms with Crippen LogP contribution in [0.25, 0.3) is 0 Å². The summed E-state index contributed by atoms with van der Waals surface area (Å²) in [7, 11) is 0. The van der Waals surface area contributed by atoms with Gasteiger partial charge in [0.1, 0.15) is 0 Å². The molecule has 0 aromatic heterocycles. The quantitative estimate of drug-likeness (QED) is 0.297. The number of carbonyl (C=O) groups is 1. The largest absolute Gasteiger partial charge is 0.390 e. The Labute approximate surface area is 185 Å². The summed E-state index contributed by atoms with van der Waals surface area (Å²) >= 11 is 11.5. The highest BCUT2D eigenvalue weighted by Gasteiger charge is 2.61. The lowest BCUT2D eigenvalue weighted by atomic mass is 9.51. The number of nitrogens with one attached hydrogen (secondary N) is 1. The monoisotopic (exact) mass is 442 g/mol. The van der Waals surface area contributed by atoms with Gasteiger partial charge in [0.2, 0.25) is 6.41 Å². The zero-order chi connectivity index (χ0) is 21.7. The Morgan fingerprint density at radius 2 is 1.79 bits per heavy atom. The highest BCUT2D eigenvalue weighted by atomic mass is 35.5. The minimum absolute atomic E-state index is 0.0297. The first-order valence-electron chi connectivity index (χ1n) is 10.8. The molecule has 7 heteroatoms. The second-order valence-corrected chi connectivity index (χ2v) is 11.3. The number of hydrogen-bond acceptors (Lipinski definition) is 5. The van der Waals surface area contributed by atoms with Gasteiger partial charge in [-0.2, -0.15) is 0 Å². The summed E-state index contributed by atoms with van der Waals surface area (Å²) in [6.07, 6.45) is 5.09. The van der Waals surface area contributed by atoms with Crippen LogP contribution in [-0.4, -0.2) is 50.4 Å². The Bertz CT molecular complexity index is 700. The molecule has 1 saturated heterocycles. The van der Waals surface area contributed by atoms with E-state index in [2.05, 4.69) is 43.2 Å². The summed E-state index contributed by atoms with van der Waals surface area (Å²) in [5.41, 5.74) is -1.82. The number of hydrogen-bond donors (Lipinski definition) is 2. The summed E-state index contributed by atoms with van der Waals surface area (Å²) in [4.78, 5) is 15.9. The summed E-state index contributed by atoms with van der Waals surface area (Å²) in [6, 6.07) is 0. The molecule has 0 unspecified atom stereocenters. The number of aliphatic hydroxyl groups excluding tert-OH is 1. The summed E-state index contributed by atoms with van der Waals surface area (Å²) in [5.74, 6) is 0.248. The number of carbonyl (C=O) groups excluding carboxylic acids is 1. The number of alkyl halides is 1. The van der Waals surface area contributed by atoms with Crippen LogP contribution in [0.4, 0.5) is 0 Å². The van der Waals surface area contributed by atoms with Crippen LogP contribution in [0.3, 0.4) is 0 Å². The number of amides is 1. The Kier molecular flexibility index (Phi) is 6.28. The van der Waals surface area contributed by atoms with Gasteiger partial charge in [0.05, 0.1) is 38.9 Å². The third-order valence-corrected chi connectivity index (χ3v) is 9.14. The first-order chi connectivity index (χ1) is 13.4. The average molecular weight is 443 g/mol. The van der Waals surface area contributed by atoms with E-state index in [4.69, 9.17) is 28.6 Å². The van der Waals surface area contributed by atoms with Gasteiger partial charge in [0, 0.05) is 0 Å². The molecule has 0 aromatic carbocycles. The van der Waals surface area contributed by atoms with Gasteiger partial charge in [0.15, 0.2) is 0 Å². The normalized spacial score (nSPS) is 49.4. The van der Waals surface area contributed by atoms with Crippen LogP contribution in [-0.2, 0) is 9.53 Å². The van der Waals surface area contributed by atoms with E-state index in [1.165, 1.54) is 0 Å². The number of rotatable bonds is 4. The molecule has 29 heavy (non-hydrogen) atoms. The second kappa shape index (κ2) is 7.87. The van der Waals surface area contributed by atoms with Crippen LogP contribution in [0.15, 0.2) is 4.99 Å². The molecule has 2 aliphatic carbocycles. The minimum Gasteiger partial charge on any atom is -0.390 e. The van der Waals surface area contributed by atoms with Crippen molar-refractivity contribution in [1.82, 2.24) is 5.32 Å². The Morgan fingerprint density at radius 3 is 2.38 bits per heavy atom. The fourth-order valence-electron chi connectivity index (χ4n) is 6.48. The van der Waals surface area contributed by atoms with Crippen molar-refractivity contribution in [2.75, 3.05) is 0 Å². The van der Waals surface area contributed by atoms with Crippen molar-refractivity contribution in [3.05, 3.63) is 0 Å². The molecule has 3 fully saturated rings. The van der Waals surface area contributed by atoms with Crippen LogP contribution in [0.2, 0.25) is 0 Å². The van der Waals surface area contributed by atoms with Gasteiger partial charge in [-0.05, 0) is 103 Å². The van der Waals surface area contributed by atoms with Crippen molar-refractivity contribution in [2.24, 2.45) is 22.7 Å². The van der Waals surface area contributed by atoms with Crippen LogP contribution < -0.4 is 5.32 Å². The van der Waals surface area contributed by atoms with Crippen LogP contribution in [0.5, 0.6) is 0 Å². The summed E-state index contributed by atoms with van der Waals surface area (Å²) in [5, 5.41) is 17.0. The number of nitrogens with zero attached hydrogens (tertiary/aromatic N) is 1. The molecule has 1 heterocycles. The molecule has 164 valence electrons. The molecule has 0 aromatic rings. The van der Waals surface area contributed by atoms with Crippen LogP contribution in [0.1, 0.15) is 73.1 Å². The molecule has 0 radical (unpaired) electrons. The van der Waals surface area contributed by atoms with Gasteiger partial charge in [0.25, 0.3) is 0 Å². The van der Waals surface area contributed by atoms with Gasteiger partial charge >= 0.3 is 0 Å². The molecule has 0 spiro atoms. The van der Waals surface area contributed by atoms with Crippen molar-refractivity contribution in [2.45, 2.75) is 107 Å². The van der Waals surface area contributed by atoms with Gasteiger partial charge in [-0.1, -0.05) is 0 Å². The zero-order valence-electron chi connectivity index (χ0n) is 18.2. The fraction of sp³-hybridized carbons (Fsp3) is 0.909. The average Bonchev–Trinajstić information content (AvgIpc) is 2.62. The van der Waals surface area contributed by atoms with Gasteiger partial charge in [-0.25, -0.2) is 4.99 Å². The van der Waals surface area contributed by atoms with Crippen LogP contribution >= 0.6 is 23.8 Å². The maximum Gasteiger partial charge on any atom is 0.207 e. The Morgan fingerprint density at radius 1 is 1.14 bits per heavy atom. The van der Waals surface area contributed by atoms with Crippen molar-refractivity contribution in [3.63, 3.8) is 0 Å². The van der Waals surface area contributed by atoms with E-state index in [9.17, 15) is 9.90 Å². The van der Waals surface area contributed by atoms with Gasteiger partial charge in [-0.3, -0.25) is 4.79 Å². The number of thiocarbonyl (C=S) groups is 1. The first kappa shape index (κ1) is 23.1. The molecule has 1 aliphatic heterocycles. The smallest absolute Gasteiger partial charge is 0.207 e. The van der Waals surface area contributed by atoms with Crippen LogP contribution in [0, 0.1) is 17.8 Å². The van der Waals surface area contributed by atoms with Crippen molar-refractivity contribution >= 4 is 35.4 Å². The highest BCUT2D eigenvalue weighted by Crippen LogP contribution is 2.57. The number of aliphatic imine (C=N–C) groups is 1. The molecule has 2 N–H and O–H groups in total. The van der Waals surface area contributed by atoms with E-state index in [1.807, 2.05) is 6.92 Å². The Hall–Kier alpha value is -0.520. The standard InChI is InChI=1S/C22H35ClN2O3S/c1-19(2)16(23)8-11-22(5,28-19)15-7-9-20(3,25-13-29)14-6-10-21(4,24-12-26)18(27)17(14)15/h12,14-18,27H,6-11H2,1-5H3,(H,24,26)/t14-,15-,16+,17-,18-,20-,21-,22+/m0/s1. The lowest BCUT2D eigenvalue weighted by molar-refractivity contribution is -0.227. The topological polar surface area (TPSA) is 70.9 Å². The Balaban J connectivity index is 2.02. The lowest BCUT2D eigenvalue weighted by Gasteiger charge is -2.61. The molecule has 5 nitrogen and oxygen atoms in total. The van der Waals surface area contributed by atoms with Crippen molar-refractivity contribution in [1.29, 1.82) is 0 Å². The number of isothiocyanates is 1. The minimum atomic E-state index is -0.686. The molecular weight excluding hydrogens is 408 g/mol. The third-order valence-electron chi connectivity index (χ3n) is 8.30. The number of ether oxygens (including phenoxy) is 1. The van der Waals surface area contributed by atoms with E-state index in [1.54, 1.807) is 0 Å². The molecule has 2 saturated carbocycles. The highest BCUT2D eigenvalue weighted by molar-refractivity contribution is 7.78. The predicted molar refractivity (Wildman–Crippen MR) is 118 cm³/mol. The van der Waals surface area contributed by atoms with E-state index in [0.717, 1.165) is 32.1 Å². The number of aliphatic hydroxyl groups is 1. The summed E-state index contributed by atoms with van der Waals surface area (Å²) < 4.78 is 6.67. The molecular formula is C22H35ClN2O3S. The number of fused-ring (bicyclic) bond motifs is 1. The molecule has 8 atom stereocenters. The molecule has 3 aliphatic rings. The van der Waals surface area contributed by atoms with Gasteiger partial charge < -0.3 is 15.2 Å². The van der Waals surface area contributed by atoms with Crippen molar-refractivity contribution < 1.29 is 14.6 Å². The zero-order valence-corrected chi connectivity index (χ0v) is 19.8. The molecule has 1 amide bonds. The molecule has 0 bridgehead atoms. The maximum atomic E-state index is 11.6. The summed E-state index contributed by atoms with van der Waals surface area (Å²) in [6.45, 7) is 10.4. The van der Waals surface area contributed by atoms with E-state index >= 15 is 0 Å². The SMILES string of the molecule is CC1(C)O[C@@](C)([C@H]2CC[C@](C)(N=C=S)[C@H]3CC[C@](C)(NC=O)[C@@H](O)[C@H]23)CC[C@H]1Cl. The maximum absolute atomic E-state index is 11.6. The number of halogens is 1. The lowest BCUT2D eigenvalue weighted by Crippen LogP contribution is -2.67. The van der Waals surface area contributed by atoms with E-state index in [0.29, 0.717) is 12.8 Å². The third kappa shape index (κ3) is 3.92. The van der Waals surface area contributed by atoms with E-state index in [-0.39, 0.29) is 34.3 Å². The van der Waals surface area contributed by atoms with E-state index < -0.39 is 17.2 Å². The van der Waals surface area contributed by atoms with Crippen molar-refractivity contribution in [3.8, 4) is 0 Å². The van der Waals surface area contributed by atoms with Gasteiger partial charge in [-0.15, -0.1) is 11.6 Å².